The molecular formula is C15H22BrN. The second-order valence-electron chi connectivity index (χ2n) is 5.01. The second kappa shape index (κ2) is 7.17. The topological polar surface area (TPSA) is 12.0 Å². The summed E-state index contributed by atoms with van der Waals surface area (Å²) >= 11 is 3.61. The summed E-state index contributed by atoms with van der Waals surface area (Å²) in [6.45, 7) is 0.992. The molecule has 94 valence electrons. The van der Waals surface area contributed by atoms with E-state index < -0.39 is 0 Å². The first kappa shape index (κ1) is 13.1. The van der Waals surface area contributed by atoms with Crippen molar-refractivity contribution in [1.29, 1.82) is 0 Å². The van der Waals surface area contributed by atoms with Gasteiger partial charge in [-0.2, -0.15) is 0 Å². The molecule has 1 aliphatic carbocycles. The quantitative estimate of drug-likeness (QED) is 0.856. The van der Waals surface area contributed by atoms with Crippen LogP contribution < -0.4 is 5.32 Å². The first-order valence-corrected chi connectivity index (χ1v) is 7.62. The summed E-state index contributed by atoms with van der Waals surface area (Å²) in [7, 11) is 0. The summed E-state index contributed by atoms with van der Waals surface area (Å²) in [5.41, 5.74) is 1.37. The van der Waals surface area contributed by atoms with Gasteiger partial charge in [-0.05, 0) is 24.5 Å². The average Bonchev–Trinajstić information content (AvgIpc) is 2.29. The van der Waals surface area contributed by atoms with Gasteiger partial charge in [0, 0.05) is 17.1 Å². The molecule has 0 unspecified atom stereocenters. The molecule has 2 rings (SSSR count). The third-order valence-electron chi connectivity index (χ3n) is 3.64. The minimum atomic E-state index is 0.724. The first-order valence-electron chi connectivity index (χ1n) is 6.83. The molecule has 0 aromatic heterocycles. The molecule has 1 fully saturated rings. The van der Waals surface area contributed by atoms with Crippen molar-refractivity contribution < 1.29 is 0 Å². The Labute approximate surface area is 113 Å². The molecular weight excluding hydrogens is 274 g/mol. The molecule has 0 radical (unpaired) electrons. The summed E-state index contributed by atoms with van der Waals surface area (Å²) in [6.07, 6.45) is 9.79. The Morgan fingerprint density at radius 1 is 1.00 bits per heavy atom. The molecule has 1 aromatic carbocycles. The van der Waals surface area contributed by atoms with E-state index in [0.717, 1.165) is 12.6 Å². The lowest BCUT2D eigenvalue weighted by molar-refractivity contribution is 0.389. The highest BCUT2D eigenvalue weighted by molar-refractivity contribution is 9.10. The lowest BCUT2D eigenvalue weighted by Crippen LogP contribution is -2.29. The average molecular weight is 296 g/mol. The van der Waals surface area contributed by atoms with Gasteiger partial charge < -0.3 is 5.32 Å². The largest absolute Gasteiger partial charge is 0.310 e. The van der Waals surface area contributed by atoms with E-state index in [1.807, 2.05) is 0 Å². The summed E-state index contributed by atoms with van der Waals surface area (Å²) < 4.78 is 1.22. The van der Waals surface area contributed by atoms with Crippen molar-refractivity contribution in [2.24, 2.45) is 0 Å². The highest BCUT2D eigenvalue weighted by atomic mass is 79.9. The number of hydrogen-bond acceptors (Lipinski definition) is 1. The fourth-order valence-electron chi connectivity index (χ4n) is 2.56. The molecule has 0 aliphatic heterocycles. The van der Waals surface area contributed by atoms with Gasteiger partial charge in [0.2, 0.25) is 0 Å². The van der Waals surface area contributed by atoms with Crippen molar-refractivity contribution >= 4 is 15.9 Å². The van der Waals surface area contributed by atoms with E-state index in [0.29, 0.717) is 0 Å². The third-order valence-corrected chi connectivity index (χ3v) is 4.42. The van der Waals surface area contributed by atoms with Gasteiger partial charge in [-0.15, -0.1) is 0 Å². The number of benzene rings is 1. The summed E-state index contributed by atoms with van der Waals surface area (Å²) in [5, 5.41) is 3.72. The highest BCUT2D eigenvalue weighted by Crippen LogP contribution is 2.19. The van der Waals surface area contributed by atoms with Gasteiger partial charge in [0.05, 0.1) is 0 Å². The summed E-state index contributed by atoms with van der Waals surface area (Å²) in [5.74, 6) is 0. The van der Waals surface area contributed by atoms with E-state index in [1.54, 1.807) is 0 Å². The summed E-state index contributed by atoms with van der Waals surface area (Å²) in [6, 6.07) is 9.22. The van der Waals surface area contributed by atoms with Crippen LogP contribution >= 0.6 is 15.9 Å². The Morgan fingerprint density at radius 3 is 2.35 bits per heavy atom. The van der Waals surface area contributed by atoms with Gasteiger partial charge in [-0.25, -0.2) is 0 Å². The highest BCUT2D eigenvalue weighted by Gasteiger charge is 2.10. The smallest absolute Gasteiger partial charge is 0.0220 e. The monoisotopic (exact) mass is 295 g/mol. The third kappa shape index (κ3) is 4.44. The van der Waals surface area contributed by atoms with E-state index in [9.17, 15) is 0 Å². The van der Waals surface area contributed by atoms with Gasteiger partial charge in [-0.1, -0.05) is 66.2 Å². The lowest BCUT2D eigenvalue weighted by Gasteiger charge is -2.21. The van der Waals surface area contributed by atoms with Crippen molar-refractivity contribution in [2.75, 3.05) is 0 Å². The fraction of sp³-hybridized carbons (Fsp3) is 0.600. The number of rotatable bonds is 3. The normalized spacial score (nSPS) is 18.6. The van der Waals surface area contributed by atoms with Crippen LogP contribution in [-0.2, 0) is 6.54 Å². The molecule has 2 heteroatoms. The van der Waals surface area contributed by atoms with Gasteiger partial charge in [0.25, 0.3) is 0 Å². The Morgan fingerprint density at radius 2 is 1.65 bits per heavy atom. The van der Waals surface area contributed by atoms with Gasteiger partial charge >= 0.3 is 0 Å². The number of halogens is 1. The maximum absolute atomic E-state index is 3.72. The first-order chi connectivity index (χ1) is 8.36. The Bertz CT molecular complexity index is 329. The molecule has 1 N–H and O–H groups in total. The van der Waals surface area contributed by atoms with Crippen LogP contribution in [0.2, 0.25) is 0 Å². The molecule has 0 bridgehead atoms. The van der Waals surface area contributed by atoms with Crippen molar-refractivity contribution in [2.45, 2.75) is 57.5 Å². The lowest BCUT2D eigenvalue weighted by atomic mass is 9.96. The molecule has 0 atom stereocenters. The number of nitrogens with one attached hydrogen (secondary N) is 1. The molecule has 1 saturated carbocycles. The minimum absolute atomic E-state index is 0.724. The van der Waals surface area contributed by atoms with Crippen molar-refractivity contribution in [3.8, 4) is 0 Å². The van der Waals surface area contributed by atoms with Crippen molar-refractivity contribution in [1.82, 2.24) is 5.32 Å². The predicted octanol–water partition coefficient (Wildman–Crippen LogP) is 4.65. The SMILES string of the molecule is Brc1ccccc1CNC1CCCCCCC1. The van der Waals surface area contributed by atoms with Crippen LogP contribution in [0.4, 0.5) is 0 Å². The maximum Gasteiger partial charge on any atom is 0.0220 e. The zero-order valence-electron chi connectivity index (χ0n) is 10.4. The zero-order chi connectivity index (χ0) is 11.9. The van der Waals surface area contributed by atoms with Crippen LogP contribution in [0.5, 0.6) is 0 Å². The number of hydrogen-bond donors (Lipinski definition) is 1. The molecule has 1 aromatic rings. The van der Waals surface area contributed by atoms with E-state index in [1.165, 1.54) is 55.0 Å². The Kier molecular flexibility index (Phi) is 5.53. The molecule has 0 heterocycles. The standard InChI is InChI=1S/C15H22BrN/c16-15-11-7-6-8-13(15)12-17-14-9-4-2-1-3-5-10-14/h6-8,11,14,17H,1-5,9-10,12H2. The van der Waals surface area contributed by atoms with Gasteiger partial charge in [0.15, 0.2) is 0 Å². The fourth-order valence-corrected chi connectivity index (χ4v) is 2.98. The van der Waals surface area contributed by atoms with Crippen LogP contribution in [0.25, 0.3) is 0 Å². The molecule has 1 aliphatic rings. The summed E-state index contributed by atoms with van der Waals surface area (Å²) in [4.78, 5) is 0. The van der Waals surface area contributed by atoms with Crippen molar-refractivity contribution in [3.05, 3.63) is 34.3 Å². The molecule has 0 saturated heterocycles. The molecule has 0 spiro atoms. The van der Waals surface area contributed by atoms with E-state index >= 15 is 0 Å². The van der Waals surface area contributed by atoms with Crippen LogP contribution in [0.3, 0.4) is 0 Å². The van der Waals surface area contributed by atoms with E-state index in [2.05, 4.69) is 45.5 Å². The maximum atomic E-state index is 3.72. The Hall–Kier alpha value is -0.340. The Balaban J connectivity index is 1.82. The van der Waals surface area contributed by atoms with Crippen LogP contribution in [-0.4, -0.2) is 6.04 Å². The van der Waals surface area contributed by atoms with Gasteiger partial charge in [-0.3, -0.25) is 0 Å². The second-order valence-corrected chi connectivity index (χ2v) is 5.87. The molecule has 0 amide bonds. The predicted molar refractivity (Wildman–Crippen MR) is 77.1 cm³/mol. The van der Waals surface area contributed by atoms with E-state index in [4.69, 9.17) is 0 Å². The van der Waals surface area contributed by atoms with Gasteiger partial charge in [0.1, 0.15) is 0 Å². The van der Waals surface area contributed by atoms with Crippen LogP contribution in [0, 0.1) is 0 Å². The molecule has 1 nitrogen and oxygen atoms in total. The minimum Gasteiger partial charge on any atom is -0.310 e. The van der Waals surface area contributed by atoms with Crippen molar-refractivity contribution in [3.63, 3.8) is 0 Å². The molecule has 17 heavy (non-hydrogen) atoms. The van der Waals surface area contributed by atoms with Crippen LogP contribution in [0.1, 0.15) is 50.5 Å². The van der Waals surface area contributed by atoms with E-state index in [-0.39, 0.29) is 0 Å². The van der Waals surface area contributed by atoms with Crippen LogP contribution in [0.15, 0.2) is 28.7 Å². The zero-order valence-corrected chi connectivity index (χ0v) is 12.0.